The smallest absolute Gasteiger partial charge is 0.254 e. The van der Waals surface area contributed by atoms with E-state index in [1.165, 1.54) is 0 Å². The molecule has 0 saturated carbocycles. The molecule has 1 aromatic heterocycles. The topological polar surface area (TPSA) is 59.1 Å². The summed E-state index contributed by atoms with van der Waals surface area (Å²) in [6.45, 7) is 7.80. The second-order valence-electron chi connectivity index (χ2n) is 9.17. The van der Waals surface area contributed by atoms with E-state index in [0.29, 0.717) is 41.7 Å². The second-order valence-corrected chi connectivity index (χ2v) is 10.6. The van der Waals surface area contributed by atoms with Gasteiger partial charge in [-0.05, 0) is 71.8 Å². The van der Waals surface area contributed by atoms with Gasteiger partial charge in [0.15, 0.2) is 11.5 Å². The lowest BCUT2D eigenvalue weighted by atomic mass is 10.1. The van der Waals surface area contributed by atoms with E-state index >= 15 is 0 Å². The van der Waals surface area contributed by atoms with Crippen molar-refractivity contribution < 1.29 is 19.1 Å². The van der Waals surface area contributed by atoms with Gasteiger partial charge in [-0.25, -0.2) is 0 Å². The van der Waals surface area contributed by atoms with Crippen LogP contribution in [0, 0.1) is 12.8 Å². The summed E-state index contributed by atoms with van der Waals surface area (Å²) in [5.41, 5.74) is 2.61. The quantitative estimate of drug-likeness (QED) is 0.317. The fraction of sp³-hybridized carbons (Fsp3) is 0.357. The molecule has 0 N–H and O–H groups in total. The highest BCUT2D eigenvalue weighted by molar-refractivity contribution is 7.10. The van der Waals surface area contributed by atoms with Gasteiger partial charge < -0.3 is 19.3 Å². The van der Waals surface area contributed by atoms with Crippen LogP contribution in [-0.2, 0) is 17.9 Å². The number of ether oxygens (including phenoxy) is 2. The van der Waals surface area contributed by atoms with Gasteiger partial charge in [0.25, 0.3) is 5.91 Å². The van der Waals surface area contributed by atoms with E-state index in [0.717, 1.165) is 22.4 Å². The zero-order valence-electron chi connectivity index (χ0n) is 20.8. The number of thiophene rings is 1. The molecule has 190 valence electrons. The number of benzene rings is 2. The van der Waals surface area contributed by atoms with Crippen LogP contribution in [-0.4, -0.2) is 41.5 Å². The van der Waals surface area contributed by atoms with Crippen molar-refractivity contribution in [1.82, 2.24) is 9.80 Å². The minimum atomic E-state index is -0.171. The molecular formula is C28H31ClN2O4S. The molecule has 1 aliphatic rings. The first-order valence-electron chi connectivity index (χ1n) is 12.1. The van der Waals surface area contributed by atoms with Gasteiger partial charge in [0, 0.05) is 28.6 Å². The van der Waals surface area contributed by atoms with Gasteiger partial charge in [-0.1, -0.05) is 37.9 Å². The van der Waals surface area contributed by atoms with Crippen molar-refractivity contribution in [3.8, 4) is 11.5 Å². The van der Waals surface area contributed by atoms with Crippen molar-refractivity contribution >= 4 is 34.8 Å². The van der Waals surface area contributed by atoms with E-state index < -0.39 is 0 Å². The molecule has 1 aliphatic heterocycles. The average molecular weight is 527 g/mol. The van der Waals surface area contributed by atoms with Crippen LogP contribution in [0.15, 0.2) is 53.9 Å². The molecule has 0 saturated heterocycles. The molecule has 1 unspecified atom stereocenters. The molecule has 1 atom stereocenters. The maximum absolute atomic E-state index is 13.7. The Hall–Kier alpha value is -3.03. The molecule has 6 nitrogen and oxygen atoms in total. The van der Waals surface area contributed by atoms with Crippen molar-refractivity contribution in [2.45, 2.75) is 40.3 Å². The fourth-order valence-corrected chi connectivity index (χ4v) is 5.04. The predicted octanol–water partition coefficient (Wildman–Crippen LogP) is 6.16. The first-order valence-corrected chi connectivity index (χ1v) is 13.3. The van der Waals surface area contributed by atoms with Gasteiger partial charge in [0.05, 0.1) is 6.54 Å². The number of hydrogen-bond donors (Lipinski definition) is 0. The number of carbonyl (C=O) groups is 2. The zero-order chi connectivity index (χ0) is 25.7. The van der Waals surface area contributed by atoms with Crippen LogP contribution in [0.5, 0.6) is 11.5 Å². The summed E-state index contributed by atoms with van der Waals surface area (Å²) in [4.78, 5) is 31.8. The lowest BCUT2D eigenvalue weighted by Crippen LogP contribution is -2.44. The summed E-state index contributed by atoms with van der Waals surface area (Å²) in [7, 11) is 0. The first-order chi connectivity index (χ1) is 17.3. The van der Waals surface area contributed by atoms with E-state index in [1.54, 1.807) is 40.5 Å². The highest BCUT2D eigenvalue weighted by atomic mass is 35.5. The van der Waals surface area contributed by atoms with E-state index in [1.807, 2.05) is 35.4 Å². The van der Waals surface area contributed by atoms with Gasteiger partial charge >= 0.3 is 0 Å². The molecule has 0 bridgehead atoms. The Morgan fingerprint density at radius 3 is 2.47 bits per heavy atom. The van der Waals surface area contributed by atoms with Crippen LogP contribution >= 0.6 is 22.9 Å². The highest BCUT2D eigenvalue weighted by Crippen LogP contribution is 2.33. The molecule has 0 aliphatic carbocycles. The molecule has 2 heterocycles. The van der Waals surface area contributed by atoms with Crippen molar-refractivity contribution in [3.05, 3.63) is 80.5 Å². The zero-order valence-corrected chi connectivity index (χ0v) is 22.4. The van der Waals surface area contributed by atoms with Crippen LogP contribution in [0.4, 0.5) is 0 Å². The maximum Gasteiger partial charge on any atom is 0.254 e. The van der Waals surface area contributed by atoms with Crippen LogP contribution in [0.1, 0.15) is 46.6 Å². The van der Waals surface area contributed by atoms with E-state index in [2.05, 4.69) is 19.9 Å². The number of nitrogens with zero attached hydrogens (tertiary/aromatic N) is 2. The number of fused-ring (bicyclic) bond motifs is 1. The summed E-state index contributed by atoms with van der Waals surface area (Å²) >= 11 is 7.65. The Morgan fingerprint density at radius 1 is 1.03 bits per heavy atom. The molecule has 0 spiro atoms. The average Bonchev–Trinajstić information content (AvgIpc) is 3.51. The number of amides is 2. The number of rotatable bonds is 10. The van der Waals surface area contributed by atoms with Gasteiger partial charge in [-0.2, -0.15) is 0 Å². The predicted molar refractivity (Wildman–Crippen MR) is 143 cm³/mol. The van der Waals surface area contributed by atoms with E-state index in [4.69, 9.17) is 21.1 Å². The maximum atomic E-state index is 13.7. The SMILES string of the molecule is CCC(C)CN(CC(=O)N(Cc1ccc2c(c1)OCO2)Cc1sccc1C)C(=O)c1ccc(Cl)cc1. The molecule has 0 fully saturated rings. The third-order valence-electron chi connectivity index (χ3n) is 6.40. The second kappa shape index (κ2) is 11.8. The normalized spacial score (nSPS) is 12.9. The van der Waals surface area contributed by atoms with Gasteiger partial charge in [0.2, 0.25) is 12.7 Å². The van der Waals surface area contributed by atoms with E-state index in [9.17, 15) is 9.59 Å². The fourth-order valence-electron chi connectivity index (χ4n) is 3.99. The summed E-state index contributed by atoms with van der Waals surface area (Å²) in [6.07, 6.45) is 0.911. The molecule has 2 amide bonds. The first kappa shape index (κ1) is 26.0. The Balaban J connectivity index is 1.57. The van der Waals surface area contributed by atoms with Crippen molar-refractivity contribution in [3.63, 3.8) is 0 Å². The summed E-state index contributed by atoms with van der Waals surface area (Å²) in [6, 6.07) is 14.6. The monoisotopic (exact) mass is 526 g/mol. The van der Waals surface area contributed by atoms with Crippen molar-refractivity contribution in [2.24, 2.45) is 5.92 Å². The number of aryl methyl sites for hydroxylation is 1. The van der Waals surface area contributed by atoms with Crippen molar-refractivity contribution in [1.29, 1.82) is 0 Å². The third kappa shape index (κ3) is 6.39. The van der Waals surface area contributed by atoms with Gasteiger partial charge in [-0.3, -0.25) is 9.59 Å². The Morgan fingerprint density at radius 2 is 1.78 bits per heavy atom. The van der Waals surface area contributed by atoms with Gasteiger partial charge in [-0.15, -0.1) is 11.3 Å². The highest BCUT2D eigenvalue weighted by Gasteiger charge is 2.25. The molecule has 2 aromatic carbocycles. The van der Waals surface area contributed by atoms with Crippen LogP contribution < -0.4 is 9.47 Å². The summed E-state index contributed by atoms with van der Waals surface area (Å²) in [5, 5.41) is 2.60. The summed E-state index contributed by atoms with van der Waals surface area (Å²) < 4.78 is 11.0. The lowest BCUT2D eigenvalue weighted by molar-refractivity contribution is -0.133. The third-order valence-corrected chi connectivity index (χ3v) is 7.66. The van der Waals surface area contributed by atoms with Crippen LogP contribution in [0.2, 0.25) is 5.02 Å². The Kier molecular flexibility index (Phi) is 8.54. The summed E-state index contributed by atoms with van der Waals surface area (Å²) in [5.74, 6) is 1.38. The van der Waals surface area contributed by atoms with E-state index in [-0.39, 0.29) is 31.1 Å². The standard InChI is InChI=1S/C28H31ClN2O4S/c1-4-19(2)14-31(28(33)22-6-8-23(29)9-7-22)17-27(32)30(16-26-20(3)11-12-36-26)15-21-5-10-24-25(13-21)35-18-34-24/h5-13,19H,4,14-18H2,1-3H3. The van der Waals surface area contributed by atoms with Gasteiger partial charge in [0.1, 0.15) is 6.54 Å². The molecule has 8 heteroatoms. The molecule has 36 heavy (non-hydrogen) atoms. The minimum Gasteiger partial charge on any atom is -0.454 e. The Labute approximate surface area is 221 Å². The van der Waals surface area contributed by atoms with Crippen molar-refractivity contribution in [2.75, 3.05) is 19.9 Å². The van der Waals surface area contributed by atoms with Crippen LogP contribution in [0.25, 0.3) is 0 Å². The molecule has 4 rings (SSSR count). The van der Waals surface area contributed by atoms with Crippen LogP contribution in [0.3, 0.4) is 0 Å². The lowest BCUT2D eigenvalue weighted by Gasteiger charge is -2.29. The molecule has 3 aromatic rings. The molecular weight excluding hydrogens is 496 g/mol. The number of hydrogen-bond acceptors (Lipinski definition) is 5. The minimum absolute atomic E-state index is 0.000768. The number of carbonyl (C=O) groups excluding carboxylic acids is 2. The largest absolute Gasteiger partial charge is 0.454 e. The Bertz CT molecular complexity index is 1210. The molecule has 0 radical (unpaired) electrons. The number of halogens is 1.